The zero-order valence-electron chi connectivity index (χ0n) is 9.34. The number of hydrogen-bond donors (Lipinski definition) is 1. The van der Waals surface area contributed by atoms with Gasteiger partial charge in [0.1, 0.15) is 0 Å². The van der Waals surface area contributed by atoms with Crippen LogP contribution in [-0.2, 0) is 0 Å². The highest BCUT2D eigenvalue weighted by Crippen LogP contribution is 2.34. The Labute approximate surface area is 92.9 Å². The molecule has 1 N–H and O–H groups in total. The quantitative estimate of drug-likeness (QED) is 0.712. The second-order valence-corrected chi connectivity index (χ2v) is 4.37. The van der Waals surface area contributed by atoms with E-state index >= 15 is 0 Å². The van der Waals surface area contributed by atoms with Crippen LogP contribution >= 0.6 is 0 Å². The molecule has 0 aliphatic carbocycles. The van der Waals surface area contributed by atoms with Gasteiger partial charge in [0.2, 0.25) is 0 Å². The number of fused-ring (bicyclic) bond motifs is 1. The van der Waals surface area contributed by atoms with Crippen molar-refractivity contribution in [3.8, 4) is 0 Å². The van der Waals surface area contributed by atoms with E-state index in [1.54, 1.807) is 0 Å². The fourth-order valence-electron chi connectivity index (χ4n) is 2.36. The fraction of sp³-hybridized carbons (Fsp3) is 0.500. The average Bonchev–Trinajstić information content (AvgIpc) is 2.68. The summed E-state index contributed by atoms with van der Waals surface area (Å²) in [6, 6.07) is 8.71. The molecule has 1 aromatic carbocycles. The maximum atomic E-state index is 3.88. The summed E-state index contributed by atoms with van der Waals surface area (Å²) in [5.74, 6) is 0.742. The Hall–Kier alpha value is -0.980. The minimum atomic E-state index is 0.742. The minimum Gasteiger partial charge on any atom is -0.384 e. The molecule has 1 heteroatoms. The number of unbranched alkanes of at least 4 members (excludes halogenated alkanes) is 3. The van der Waals surface area contributed by atoms with Crippen molar-refractivity contribution in [3.63, 3.8) is 0 Å². The Morgan fingerprint density at radius 1 is 1.20 bits per heavy atom. The van der Waals surface area contributed by atoms with Gasteiger partial charge in [0.05, 0.1) is 0 Å². The van der Waals surface area contributed by atoms with Crippen molar-refractivity contribution in [2.75, 3.05) is 11.9 Å². The molecule has 2 rings (SSSR count). The van der Waals surface area contributed by atoms with E-state index in [-0.39, 0.29) is 0 Å². The van der Waals surface area contributed by atoms with Gasteiger partial charge < -0.3 is 5.32 Å². The van der Waals surface area contributed by atoms with Crippen LogP contribution in [0.1, 0.15) is 43.6 Å². The van der Waals surface area contributed by atoms with Gasteiger partial charge in [-0.2, -0.15) is 0 Å². The number of rotatable bonds is 5. The van der Waals surface area contributed by atoms with Gasteiger partial charge in [-0.15, -0.1) is 0 Å². The molecule has 1 unspecified atom stereocenters. The van der Waals surface area contributed by atoms with Crippen molar-refractivity contribution >= 4 is 5.69 Å². The molecule has 1 nitrogen and oxygen atoms in total. The highest BCUT2D eigenvalue weighted by molar-refractivity contribution is 5.57. The third-order valence-electron chi connectivity index (χ3n) is 3.24. The zero-order chi connectivity index (χ0) is 10.5. The first-order chi connectivity index (χ1) is 7.42. The zero-order valence-corrected chi connectivity index (χ0v) is 9.34. The van der Waals surface area contributed by atoms with Gasteiger partial charge >= 0.3 is 0 Å². The fourth-order valence-corrected chi connectivity index (χ4v) is 2.36. The van der Waals surface area contributed by atoms with Gasteiger partial charge in [0.25, 0.3) is 0 Å². The van der Waals surface area contributed by atoms with Gasteiger partial charge in [0, 0.05) is 18.2 Å². The normalized spacial score (nSPS) is 18.6. The first-order valence-electron chi connectivity index (χ1n) is 6.04. The molecule has 0 aromatic heterocycles. The van der Waals surface area contributed by atoms with Crippen molar-refractivity contribution < 1.29 is 0 Å². The Morgan fingerprint density at radius 2 is 2.07 bits per heavy atom. The van der Waals surface area contributed by atoms with E-state index in [2.05, 4.69) is 36.5 Å². The summed E-state index contributed by atoms with van der Waals surface area (Å²) in [4.78, 5) is 0. The molecule has 1 aliphatic heterocycles. The maximum absolute atomic E-state index is 3.88. The highest BCUT2D eigenvalue weighted by Gasteiger charge is 2.20. The van der Waals surface area contributed by atoms with Gasteiger partial charge in [-0.3, -0.25) is 0 Å². The summed E-state index contributed by atoms with van der Waals surface area (Å²) < 4.78 is 0. The van der Waals surface area contributed by atoms with Crippen LogP contribution in [0.5, 0.6) is 0 Å². The molecular formula is C14H20N. The Balaban J connectivity index is 1.85. The standard InChI is InChI=1S/C14H20N/c1-2-3-4-5-8-12-11-15-14-10-7-6-9-13(12)14/h6-7,9-10,12,15H,1-5,8,11H2. The van der Waals surface area contributed by atoms with Crippen LogP contribution in [0.3, 0.4) is 0 Å². The lowest BCUT2D eigenvalue weighted by Crippen LogP contribution is -2.01. The van der Waals surface area contributed by atoms with Crippen LogP contribution in [0.25, 0.3) is 0 Å². The Morgan fingerprint density at radius 3 is 2.93 bits per heavy atom. The number of hydrogen-bond acceptors (Lipinski definition) is 1. The molecule has 0 saturated carbocycles. The van der Waals surface area contributed by atoms with Crippen LogP contribution < -0.4 is 5.32 Å². The molecule has 0 fully saturated rings. The molecule has 81 valence electrons. The monoisotopic (exact) mass is 202 g/mol. The number of benzene rings is 1. The van der Waals surface area contributed by atoms with Gasteiger partial charge in [0.15, 0.2) is 0 Å². The lowest BCUT2D eigenvalue weighted by atomic mass is 9.95. The molecule has 0 bridgehead atoms. The van der Waals surface area contributed by atoms with Crippen LogP contribution in [0.2, 0.25) is 0 Å². The van der Waals surface area contributed by atoms with E-state index in [1.165, 1.54) is 36.9 Å². The Kier molecular flexibility index (Phi) is 3.65. The first kappa shape index (κ1) is 10.5. The minimum absolute atomic E-state index is 0.742. The van der Waals surface area contributed by atoms with Crippen molar-refractivity contribution in [1.29, 1.82) is 0 Å². The highest BCUT2D eigenvalue weighted by atomic mass is 14.9. The lowest BCUT2D eigenvalue weighted by molar-refractivity contribution is 0.585. The number of anilines is 1. The number of nitrogens with one attached hydrogen (secondary N) is 1. The topological polar surface area (TPSA) is 12.0 Å². The SMILES string of the molecule is [CH2]CCCCCC1CNc2ccccc21. The van der Waals surface area contributed by atoms with Gasteiger partial charge in [-0.25, -0.2) is 0 Å². The maximum Gasteiger partial charge on any atom is 0.0376 e. The van der Waals surface area contributed by atoms with E-state index in [4.69, 9.17) is 0 Å². The summed E-state index contributed by atoms with van der Waals surface area (Å²) in [5, 5.41) is 3.48. The van der Waals surface area contributed by atoms with E-state index in [1.807, 2.05) is 0 Å². The molecule has 15 heavy (non-hydrogen) atoms. The molecular weight excluding hydrogens is 182 g/mol. The average molecular weight is 202 g/mol. The van der Waals surface area contributed by atoms with Gasteiger partial charge in [-0.05, 0) is 18.1 Å². The van der Waals surface area contributed by atoms with Crippen molar-refractivity contribution in [1.82, 2.24) is 0 Å². The predicted molar refractivity (Wildman–Crippen MR) is 66.1 cm³/mol. The first-order valence-corrected chi connectivity index (χ1v) is 6.04. The van der Waals surface area contributed by atoms with Crippen molar-refractivity contribution in [3.05, 3.63) is 36.8 Å². The number of para-hydroxylation sites is 1. The second-order valence-electron chi connectivity index (χ2n) is 4.37. The molecule has 1 aliphatic rings. The smallest absolute Gasteiger partial charge is 0.0376 e. The van der Waals surface area contributed by atoms with Gasteiger partial charge in [-0.1, -0.05) is 50.8 Å². The third-order valence-corrected chi connectivity index (χ3v) is 3.24. The molecule has 0 saturated heterocycles. The summed E-state index contributed by atoms with van der Waals surface area (Å²) in [5.41, 5.74) is 2.87. The van der Waals surface area contributed by atoms with Crippen molar-refractivity contribution in [2.24, 2.45) is 0 Å². The second kappa shape index (κ2) is 5.20. The molecule has 1 atom stereocenters. The predicted octanol–water partition coefficient (Wildman–Crippen LogP) is 3.98. The van der Waals surface area contributed by atoms with E-state index < -0.39 is 0 Å². The lowest BCUT2D eigenvalue weighted by Gasteiger charge is -2.09. The van der Waals surface area contributed by atoms with E-state index in [0.717, 1.165) is 18.9 Å². The van der Waals surface area contributed by atoms with Crippen LogP contribution in [0, 0.1) is 6.92 Å². The molecule has 1 radical (unpaired) electrons. The molecule has 1 heterocycles. The summed E-state index contributed by atoms with van der Waals surface area (Å²) in [6.45, 7) is 5.01. The molecule has 0 amide bonds. The van der Waals surface area contributed by atoms with Crippen molar-refractivity contribution in [2.45, 2.75) is 38.0 Å². The van der Waals surface area contributed by atoms with E-state index in [0.29, 0.717) is 0 Å². The van der Waals surface area contributed by atoms with Crippen LogP contribution in [0.15, 0.2) is 24.3 Å². The molecule has 1 aromatic rings. The van der Waals surface area contributed by atoms with Crippen LogP contribution in [0.4, 0.5) is 5.69 Å². The summed E-state index contributed by atoms with van der Waals surface area (Å²) in [7, 11) is 0. The van der Waals surface area contributed by atoms with Crippen LogP contribution in [-0.4, -0.2) is 6.54 Å². The largest absolute Gasteiger partial charge is 0.384 e. The summed E-state index contributed by atoms with van der Waals surface area (Å²) in [6.07, 6.45) is 6.36. The molecule has 0 spiro atoms. The Bertz CT molecular complexity index is 306. The third kappa shape index (κ3) is 2.53. The summed E-state index contributed by atoms with van der Waals surface area (Å²) >= 11 is 0. The van der Waals surface area contributed by atoms with E-state index in [9.17, 15) is 0 Å².